The van der Waals surface area contributed by atoms with E-state index < -0.39 is 0 Å². The molecule has 0 aromatic carbocycles. The van der Waals surface area contributed by atoms with Crippen LogP contribution in [0, 0.1) is 0 Å². The molecular weight excluding hydrogens is 168 g/mol. The SMILES string of the molecule is CC(C)OCC1(COC(C)C)CO1. The molecule has 1 saturated heterocycles. The Morgan fingerprint density at radius 2 is 1.46 bits per heavy atom. The van der Waals surface area contributed by atoms with Crippen LogP contribution in [0.25, 0.3) is 0 Å². The lowest BCUT2D eigenvalue weighted by molar-refractivity contribution is -0.0183. The van der Waals surface area contributed by atoms with E-state index in [-0.39, 0.29) is 17.8 Å². The third-order valence-corrected chi connectivity index (χ3v) is 1.91. The Morgan fingerprint density at radius 3 is 1.69 bits per heavy atom. The van der Waals surface area contributed by atoms with Gasteiger partial charge in [0.05, 0.1) is 32.0 Å². The van der Waals surface area contributed by atoms with Crippen molar-refractivity contribution < 1.29 is 14.2 Å². The standard InChI is InChI=1S/C10H20O3/c1-8(2)11-5-10(7-13-10)6-12-9(3)4/h8-9H,5-7H2,1-4H3. The maximum absolute atomic E-state index is 5.50. The molecule has 13 heavy (non-hydrogen) atoms. The average Bonchev–Trinajstić information content (AvgIpc) is 2.78. The molecule has 1 aliphatic rings. The molecule has 1 rings (SSSR count). The number of rotatable bonds is 6. The van der Waals surface area contributed by atoms with E-state index in [1.165, 1.54) is 0 Å². The summed E-state index contributed by atoms with van der Waals surface area (Å²) in [5.74, 6) is 0. The van der Waals surface area contributed by atoms with Gasteiger partial charge in [0.2, 0.25) is 0 Å². The first-order valence-electron chi connectivity index (χ1n) is 4.91. The molecule has 1 fully saturated rings. The van der Waals surface area contributed by atoms with Gasteiger partial charge in [-0.2, -0.15) is 0 Å². The van der Waals surface area contributed by atoms with E-state index in [9.17, 15) is 0 Å². The van der Waals surface area contributed by atoms with Gasteiger partial charge in [-0.25, -0.2) is 0 Å². The topological polar surface area (TPSA) is 31.0 Å². The van der Waals surface area contributed by atoms with Gasteiger partial charge in [0.15, 0.2) is 0 Å². The highest BCUT2D eigenvalue weighted by Crippen LogP contribution is 2.28. The van der Waals surface area contributed by atoms with Crippen LogP contribution < -0.4 is 0 Å². The summed E-state index contributed by atoms with van der Waals surface area (Å²) in [6.45, 7) is 10.2. The third kappa shape index (κ3) is 4.07. The highest BCUT2D eigenvalue weighted by atomic mass is 16.6. The van der Waals surface area contributed by atoms with Crippen molar-refractivity contribution in [2.24, 2.45) is 0 Å². The summed E-state index contributed by atoms with van der Waals surface area (Å²) in [6.07, 6.45) is 0.528. The van der Waals surface area contributed by atoms with Crippen molar-refractivity contribution in [1.29, 1.82) is 0 Å². The molecule has 78 valence electrons. The normalized spacial score (nSPS) is 19.8. The third-order valence-electron chi connectivity index (χ3n) is 1.91. The lowest BCUT2D eigenvalue weighted by atomic mass is 10.2. The van der Waals surface area contributed by atoms with Crippen LogP contribution in [0.4, 0.5) is 0 Å². The summed E-state index contributed by atoms with van der Waals surface area (Å²) in [6, 6.07) is 0. The van der Waals surface area contributed by atoms with Crippen molar-refractivity contribution in [2.45, 2.75) is 45.5 Å². The molecule has 0 bridgehead atoms. The molecule has 0 spiro atoms. The zero-order valence-corrected chi connectivity index (χ0v) is 9.00. The van der Waals surface area contributed by atoms with E-state index >= 15 is 0 Å². The van der Waals surface area contributed by atoms with Crippen molar-refractivity contribution >= 4 is 0 Å². The lowest BCUT2D eigenvalue weighted by Crippen LogP contribution is -2.29. The zero-order chi connectivity index (χ0) is 9.90. The Labute approximate surface area is 80.4 Å². The summed E-state index contributed by atoms with van der Waals surface area (Å²) >= 11 is 0. The first-order chi connectivity index (χ1) is 6.04. The molecule has 0 saturated carbocycles. The largest absolute Gasteiger partial charge is 0.376 e. The second kappa shape index (κ2) is 4.40. The smallest absolute Gasteiger partial charge is 0.138 e. The fraction of sp³-hybridized carbons (Fsp3) is 1.00. The number of hydrogen-bond acceptors (Lipinski definition) is 3. The monoisotopic (exact) mass is 188 g/mol. The highest BCUT2D eigenvalue weighted by Gasteiger charge is 2.45. The molecule has 0 aliphatic carbocycles. The van der Waals surface area contributed by atoms with Crippen LogP contribution in [0.15, 0.2) is 0 Å². The molecule has 0 radical (unpaired) electrons. The summed E-state index contributed by atoms with van der Waals surface area (Å²) in [5.41, 5.74) is -0.130. The van der Waals surface area contributed by atoms with Gasteiger partial charge in [-0.05, 0) is 27.7 Å². The summed E-state index contributed by atoms with van der Waals surface area (Å²) in [5, 5.41) is 0. The highest BCUT2D eigenvalue weighted by molar-refractivity contribution is 4.92. The van der Waals surface area contributed by atoms with Crippen LogP contribution in [-0.2, 0) is 14.2 Å². The Balaban J connectivity index is 2.15. The molecular formula is C10H20O3. The molecule has 0 aromatic heterocycles. The molecule has 0 N–H and O–H groups in total. The first-order valence-corrected chi connectivity index (χ1v) is 4.91. The van der Waals surface area contributed by atoms with E-state index in [1.54, 1.807) is 0 Å². The zero-order valence-electron chi connectivity index (χ0n) is 9.00. The molecule has 1 aliphatic heterocycles. The van der Waals surface area contributed by atoms with Crippen LogP contribution >= 0.6 is 0 Å². The minimum absolute atomic E-state index is 0.130. The van der Waals surface area contributed by atoms with E-state index in [1.807, 2.05) is 27.7 Å². The molecule has 0 atom stereocenters. The lowest BCUT2D eigenvalue weighted by Gasteiger charge is -2.16. The van der Waals surface area contributed by atoms with Crippen molar-refractivity contribution in [2.75, 3.05) is 19.8 Å². The minimum Gasteiger partial charge on any atom is -0.376 e. The van der Waals surface area contributed by atoms with Gasteiger partial charge >= 0.3 is 0 Å². The Morgan fingerprint density at radius 1 is 1.08 bits per heavy atom. The van der Waals surface area contributed by atoms with E-state index in [4.69, 9.17) is 14.2 Å². The van der Waals surface area contributed by atoms with Gasteiger partial charge < -0.3 is 14.2 Å². The van der Waals surface area contributed by atoms with E-state index in [2.05, 4.69) is 0 Å². The molecule has 3 nitrogen and oxygen atoms in total. The Hall–Kier alpha value is -0.120. The van der Waals surface area contributed by atoms with Crippen molar-refractivity contribution in [3.05, 3.63) is 0 Å². The van der Waals surface area contributed by atoms with Crippen LogP contribution in [0.5, 0.6) is 0 Å². The minimum atomic E-state index is -0.130. The van der Waals surface area contributed by atoms with Crippen LogP contribution in [0.1, 0.15) is 27.7 Å². The second-order valence-electron chi connectivity index (χ2n) is 4.19. The predicted molar refractivity (Wildman–Crippen MR) is 50.9 cm³/mol. The van der Waals surface area contributed by atoms with Crippen LogP contribution in [0.2, 0.25) is 0 Å². The maximum Gasteiger partial charge on any atom is 0.138 e. The van der Waals surface area contributed by atoms with Gasteiger partial charge in [0.25, 0.3) is 0 Å². The fourth-order valence-electron chi connectivity index (χ4n) is 0.947. The van der Waals surface area contributed by atoms with Gasteiger partial charge in [-0.15, -0.1) is 0 Å². The summed E-state index contributed by atoms with van der Waals surface area (Å²) < 4.78 is 16.3. The molecule has 1 heterocycles. The predicted octanol–water partition coefficient (Wildman–Crippen LogP) is 1.61. The van der Waals surface area contributed by atoms with Crippen molar-refractivity contribution in [1.82, 2.24) is 0 Å². The number of hydrogen-bond donors (Lipinski definition) is 0. The van der Waals surface area contributed by atoms with Crippen molar-refractivity contribution in [3.8, 4) is 0 Å². The Bertz CT molecular complexity index is 136. The molecule has 0 amide bonds. The van der Waals surface area contributed by atoms with Crippen LogP contribution in [-0.4, -0.2) is 37.6 Å². The first kappa shape index (κ1) is 11.0. The Kier molecular flexibility index (Phi) is 3.71. The number of epoxide rings is 1. The van der Waals surface area contributed by atoms with E-state index in [0.717, 1.165) is 6.61 Å². The molecule has 3 heteroatoms. The van der Waals surface area contributed by atoms with Crippen molar-refractivity contribution in [3.63, 3.8) is 0 Å². The second-order valence-corrected chi connectivity index (χ2v) is 4.19. The quantitative estimate of drug-likeness (QED) is 0.593. The van der Waals surface area contributed by atoms with Gasteiger partial charge in [0, 0.05) is 0 Å². The fourth-order valence-corrected chi connectivity index (χ4v) is 0.947. The van der Waals surface area contributed by atoms with Gasteiger partial charge in [-0.3, -0.25) is 0 Å². The summed E-state index contributed by atoms with van der Waals surface area (Å²) in [7, 11) is 0. The average molecular weight is 188 g/mol. The van der Waals surface area contributed by atoms with Gasteiger partial charge in [0.1, 0.15) is 5.60 Å². The molecule has 0 unspecified atom stereocenters. The summed E-state index contributed by atoms with van der Waals surface area (Å²) in [4.78, 5) is 0. The van der Waals surface area contributed by atoms with Gasteiger partial charge in [-0.1, -0.05) is 0 Å². The van der Waals surface area contributed by atoms with Crippen LogP contribution in [0.3, 0.4) is 0 Å². The maximum atomic E-state index is 5.50. The van der Waals surface area contributed by atoms with E-state index in [0.29, 0.717) is 13.2 Å². The molecule has 0 aromatic rings. The number of ether oxygens (including phenoxy) is 3.